The van der Waals surface area contributed by atoms with E-state index < -0.39 is 0 Å². The highest BCUT2D eigenvalue weighted by Crippen LogP contribution is 2.34. The van der Waals surface area contributed by atoms with E-state index in [9.17, 15) is 4.79 Å². The Labute approximate surface area is 174 Å². The molecule has 6 nitrogen and oxygen atoms in total. The minimum Gasteiger partial charge on any atom is -0.347 e. The number of aromatic nitrogens is 4. The molecule has 1 aromatic carbocycles. The molecule has 1 amide bonds. The number of nitrogens with one attached hydrogen (secondary N) is 1. The van der Waals surface area contributed by atoms with Gasteiger partial charge < -0.3 is 5.32 Å². The van der Waals surface area contributed by atoms with Crippen LogP contribution in [0.2, 0.25) is 4.34 Å². The number of carbonyl (C=O) groups excluding carboxylic acids is 1. The van der Waals surface area contributed by atoms with Gasteiger partial charge in [-0.05, 0) is 30.2 Å². The number of rotatable bonds is 6. The summed E-state index contributed by atoms with van der Waals surface area (Å²) in [6, 6.07) is 11.8. The van der Waals surface area contributed by atoms with Crippen LogP contribution in [0.4, 0.5) is 0 Å². The first kappa shape index (κ1) is 18.8. The number of nitrogens with zero attached hydrogens (tertiary/aromatic N) is 4. The number of aryl methyl sites for hydroxylation is 1. The lowest BCUT2D eigenvalue weighted by Crippen LogP contribution is -2.22. The Morgan fingerprint density at radius 3 is 2.61 bits per heavy atom. The Balaban J connectivity index is 1.38. The van der Waals surface area contributed by atoms with E-state index in [1.54, 1.807) is 11.0 Å². The highest BCUT2D eigenvalue weighted by molar-refractivity contribution is 7.24. The number of thiophene rings is 1. The molecule has 0 aliphatic carbocycles. The number of carbonyl (C=O) groups is 1. The first-order chi connectivity index (χ1) is 13.6. The van der Waals surface area contributed by atoms with Crippen LogP contribution in [0, 0.1) is 6.92 Å². The van der Waals surface area contributed by atoms with E-state index in [1.807, 2.05) is 43.3 Å². The molecule has 4 aromatic rings. The van der Waals surface area contributed by atoms with Crippen molar-refractivity contribution < 1.29 is 4.79 Å². The number of hydrogen-bond donors (Lipinski definition) is 1. The quantitative estimate of drug-likeness (QED) is 0.493. The Kier molecular flexibility index (Phi) is 5.52. The monoisotopic (exact) mass is 429 g/mol. The van der Waals surface area contributed by atoms with Crippen LogP contribution >= 0.6 is 34.3 Å². The molecule has 0 fully saturated rings. The average molecular weight is 430 g/mol. The van der Waals surface area contributed by atoms with Gasteiger partial charge in [0.2, 0.25) is 0 Å². The zero-order valence-corrected chi connectivity index (χ0v) is 17.3. The summed E-state index contributed by atoms with van der Waals surface area (Å²) in [6.45, 7) is 2.98. The summed E-state index contributed by atoms with van der Waals surface area (Å²) in [7, 11) is 0. The summed E-state index contributed by atoms with van der Waals surface area (Å²) >= 11 is 8.84. The number of halogens is 1. The van der Waals surface area contributed by atoms with Gasteiger partial charge in [-0.2, -0.15) is 5.10 Å². The van der Waals surface area contributed by atoms with Crippen LogP contribution < -0.4 is 5.32 Å². The summed E-state index contributed by atoms with van der Waals surface area (Å²) in [5.41, 5.74) is 2.88. The van der Waals surface area contributed by atoms with Gasteiger partial charge >= 0.3 is 0 Å². The molecule has 9 heteroatoms. The molecule has 0 spiro atoms. The largest absolute Gasteiger partial charge is 0.347 e. The maximum atomic E-state index is 12.6. The molecule has 1 N–H and O–H groups in total. The molecule has 3 aromatic heterocycles. The van der Waals surface area contributed by atoms with E-state index in [-0.39, 0.29) is 5.91 Å². The fraction of sp³-hybridized carbons (Fsp3) is 0.158. The van der Waals surface area contributed by atoms with E-state index in [0.717, 1.165) is 26.7 Å². The van der Waals surface area contributed by atoms with Crippen LogP contribution in [-0.2, 0) is 13.1 Å². The van der Waals surface area contributed by atoms with Crippen molar-refractivity contribution >= 4 is 40.2 Å². The van der Waals surface area contributed by atoms with E-state index >= 15 is 0 Å². The molecule has 0 unspecified atom stereocenters. The van der Waals surface area contributed by atoms with Crippen molar-refractivity contribution in [2.45, 2.75) is 20.0 Å². The Morgan fingerprint density at radius 1 is 1.14 bits per heavy atom. The van der Waals surface area contributed by atoms with Crippen LogP contribution in [0.25, 0.3) is 9.88 Å². The molecule has 28 heavy (non-hydrogen) atoms. The number of amides is 1. The smallest absolute Gasteiger partial charge is 0.263 e. The van der Waals surface area contributed by atoms with Crippen molar-refractivity contribution in [2.75, 3.05) is 0 Å². The maximum absolute atomic E-state index is 12.6. The molecule has 0 aliphatic heterocycles. The van der Waals surface area contributed by atoms with Gasteiger partial charge in [-0.15, -0.1) is 22.7 Å². The third-order valence-electron chi connectivity index (χ3n) is 4.07. The second-order valence-corrected chi connectivity index (χ2v) is 8.84. The summed E-state index contributed by atoms with van der Waals surface area (Å²) in [6.07, 6.45) is 3.20. The minimum atomic E-state index is -0.115. The third kappa shape index (κ3) is 4.30. The average Bonchev–Trinajstić information content (AvgIpc) is 3.42. The van der Waals surface area contributed by atoms with Gasteiger partial charge in [0.05, 0.1) is 21.5 Å². The highest BCUT2D eigenvalue weighted by Gasteiger charge is 2.17. The first-order valence-corrected chi connectivity index (χ1v) is 10.5. The zero-order valence-electron chi connectivity index (χ0n) is 14.9. The predicted octanol–water partition coefficient (Wildman–Crippen LogP) is 4.40. The lowest BCUT2D eigenvalue weighted by molar-refractivity contribution is 0.0954. The van der Waals surface area contributed by atoms with Crippen molar-refractivity contribution in [1.29, 1.82) is 0 Å². The van der Waals surface area contributed by atoms with E-state index in [4.69, 9.17) is 11.6 Å². The standard InChI is InChI=1S/C19H16ClN5OS2/c1-12-17(28-19(24-12)15-6-7-16(20)27-15)18(26)22-8-13-2-4-14(5-3-13)9-25-11-21-10-23-25/h2-7,10-11H,8-9H2,1H3,(H,22,26). The Morgan fingerprint density at radius 2 is 1.93 bits per heavy atom. The van der Waals surface area contributed by atoms with Crippen LogP contribution in [-0.4, -0.2) is 25.7 Å². The van der Waals surface area contributed by atoms with E-state index in [2.05, 4.69) is 20.4 Å². The van der Waals surface area contributed by atoms with Gasteiger partial charge in [-0.25, -0.2) is 14.6 Å². The Bertz CT molecular complexity index is 1090. The molecule has 0 bridgehead atoms. The molecule has 0 atom stereocenters. The van der Waals surface area contributed by atoms with Gasteiger partial charge in [-0.3, -0.25) is 4.79 Å². The second-order valence-electron chi connectivity index (χ2n) is 6.13. The highest BCUT2D eigenvalue weighted by atomic mass is 35.5. The predicted molar refractivity (Wildman–Crippen MR) is 112 cm³/mol. The molecule has 3 heterocycles. The second kappa shape index (κ2) is 8.22. The number of benzene rings is 1. The molecule has 4 rings (SSSR count). The molecule has 0 radical (unpaired) electrons. The van der Waals surface area contributed by atoms with E-state index in [1.165, 1.54) is 29.0 Å². The van der Waals surface area contributed by atoms with Gasteiger partial charge in [0, 0.05) is 6.54 Å². The van der Waals surface area contributed by atoms with Crippen molar-refractivity contribution in [3.63, 3.8) is 0 Å². The van der Waals surface area contributed by atoms with Crippen LogP contribution in [0.15, 0.2) is 49.1 Å². The molecular weight excluding hydrogens is 414 g/mol. The fourth-order valence-electron chi connectivity index (χ4n) is 2.67. The lowest BCUT2D eigenvalue weighted by Gasteiger charge is -2.06. The van der Waals surface area contributed by atoms with Crippen LogP contribution in [0.5, 0.6) is 0 Å². The molecule has 0 saturated carbocycles. The van der Waals surface area contributed by atoms with Crippen molar-refractivity contribution in [3.8, 4) is 9.88 Å². The third-order valence-corrected chi connectivity index (χ3v) is 6.63. The molecule has 0 aliphatic rings. The van der Waals surface area contributed by atoms with Crippen molar-refractivity contribution in [3.05, 3.63) is 75.1 Å². The van der Waals surface area contributed by atoms with Crippen LogP contribution in [0.3, 0.4) is 0 Å². The van der Waals surface area contributed by atoms with Crippen molar-refractivity contribution in [2.24, 2.45) is 0 Å². The minimum absolute atomic E-state index is 0.115. The molecule has 0 saturated heterocycles. The van der Waals surface area contributed by atoms with Gasteiger partial charge in [-0.1, -0.05) is 35.9 Å². The Hall–Kier alpha value is -2.55. The number of hydrogen-bond acceptors (Lipinski definition) is 6. The lowest BCUT2D eigenvalue weighted by atomic mass is 10.1. The van der Waals surface area contributed by atoms with Crippen LogP contribution in [0.1, 0.15) is 26.5 Å². The first-order valence-electron chi connectivity index (χ1n) is 8.50. The SMILES string of the molecule is Cc1nc(-c2ccc(Cl)s2)sc1C(=O)NCc1ccc(Cn2cncn2)cc1. The summed E-state index contributed by atoms with van der Waals surface area (Å²) in [5.74, 6) is -0.115. The van der Waals surface area contributed by atoms with Gasteiger partial charge in [0.25, 0.3) is 5.91 Å². The van der Waals surface area contributed by atoms with Gasteiger partial charge in [0.15, 0.2) is 0 Å². The normalized spacial score (nSPS) is 10.9. The topological polar surface area (TPSA) is 72.7 Å². The number of thiazole rings is 1. The molecular formula is C19H16ClN5OS2. The maximum Gasteiger partial charge on any atom is 0.263 e. The summed E-state index contributed by atoms with van der Waals surface area (Å²) < 4.78 is 2.47. The molecule has 142 valence electrons. The summed E-state index contributed by atoms with van der Waals surface area (Å²) in [5, 5.41) is 7.89. The van der Waals surface area contributed by atoms with Crippen molar-refractivity contribution in [1.82, 2.24) is 25.1 Å². The van der Waals surface area contributed by atoms with Gasteiger partial charge in [0.1, 0.15) is 22.5 Å². The fourth-order valence-corrected chi connectivity index (χ4v) is 4.75. The summed E-state index contributed by atoms with van der Waals surface area (Å²) in [4.78, 5) is 22.6. The van der Waals surface area contributed by atoms with E-state index in [0.29, 0.717) is 22.3 Å². The zero-order chi connectivity index (χ0) is 19.5.